The third-order valence-corrected chi connectivity index (χ3v) is 4.05. The molecule has 1 aliphatic rings. The van der Waals surface area contributed by atoms with Crippen molar-refractivity contribution in [3.63, 3.8) is 0 Å². The first-order valence-corrected chi connectivity index (χ1v) is 6.95. The van der Waals surface area contributed by atoms with Gasteiger partial charge in [-0.2, -0.15) is 0 Å². The van der Waals surface area contributed by atoms with Gasteiger partial charge in [-0.25, -0.2) is 8.78 Å². The zero-order chi connectivity index (χ0) is 14.7. The van der Waals surface area contributed by atoms with Crippen molar-refractivity contribution < 1.29 is 18.7 Å². The van der Waals surface area contributed by atoms with Gasteiger partial charge in [0.2, 0.25) is 0 Å². The molecule has 0 aromatic heterocycles. The van der Waals surface area contributed by atoms with Crippen molar-refractivity contribution in [2.24, 2.45) is 5.92 Å². The van der Waals surface area contributed by atoms with Crippen LogP contribution in [0.1, 0.15) is 23.8 Å². The lowest BCUT2D eigenvalue weighted by Gasteiger charge is -2.31. The molecule has 20 heavy (non-hydrogen) atoms. The van der Waals surface area contributed by atoms with Crippen LogP contribution >= 0.6 is 11.6 Å². The van der Waals surface area contributed by atoms with E-state index in [0.717, 1.165) is 12.1 Å². The molecule has 6 heteroatoms. The fourth-order valence-electron chi connectivity index (χ4n) is 2.40. The van der Waals surface area contributed by atoms with E-state index in [1.165, 1.54) is 6.07 Å². The number of hydrogen-bond acceptors (Lipinski definition) is 2. The van der Waals surface area contributed by atoms with Crippen molar-refractivity contribution in [3.8, 4) is 0 Å². The molecule has 1 heterocycles. The maximum absolute atomic E-state index is 13.1. The molecule has 1 unspecified atom stereocenters. The number of halogens is 3. The van der Waals surface area contributed by atoms with Crippen LogP contribution in [0, 0.1) is 17.6 Å². The van der Waals surface area contributed by atoms with Crippen molar-refractivity contribution in [2.45, 2.75) is 18.2 Å². The summed E-state index contributed by atoms with van der Waals surface area (Å²) in [6.07, 6.45) is 1.19. The second-order valence-electron chi connectivity index (χ2n) is 5.05. The van der Waals surface area contributed by atoms with Crippen LogP contribution in [0.2, 0.25) is 0 Å². The van der Waals surface area contributed by atoms with Gasteiger partial charge < -0.3 is 10.0 Å². The van der Waals surface area contributed by atoms with Gasteiger partial charge in [0.05, 0.1) is 11.3 Å². The van der Waals surface area contributed by atoms with Crippen LogP contribution in [0.4, 0.5) is 8.78 Å². The quantitative estimate of drug-likeness (QED) is 0.869. The molecule has 0 radical (unpaired) electrons. The zero-order valence-corrected chi connectivity index (χ0v) is 11.6. The van der Waals surface area contributed by atoms with E-state index >= 15 is 0 Å². The third-order valence-electron chi connectivity index (χ3n) is 3.66. The molecule has 1 aromatic carbocycles. The zero-order valence-electron chi connectivity index (χ0n) is 10.9. The van der Waals surface area contributed by atoms with Gasteiger partial charge in [0.15, 0.2) is 11.6 Å². The second kappa shape index (κ2) is 6.50. The van der Waals surface area contributed by atoms with Crippen molar-refractivity contribution >= 4 is 17.6 Å². The highest BCUT2D eigenvalue weighted by molar-refractivity contribution is 6.21. The molecular formula is C14H16ClF2NO2. The molecule has 1 fully saturated rings. The van der Waals surface area contributed by atoms with E-state index in [-0.39, 0.29) is 5.92 Å². The average Bonchev–Trinajstić information content (AvgIpc) is 2.42. The number of carbonyl (C=O) groups is 1. The van der Waals surface area contributed by atoms with E-state index in [1.807, 2.05) is 0 Å². The minimum atomic E-state index is -0.905. The van der Waals surface area contributed by atoms with Crippen LogP contribution < -0.4 is 0 Å². The van der Waals surface area contributed by atoms with E-state index in [4.69, 9.17) is 16.7 Å². The lowest BCUT2D eigenvalue weighted by Crippen LogP contribution is -2.37. The number of carboxylic acids is 1. The Morgan fingerprint density at radius 3 is 2.55 bits per heavy atom. The Hall–Kier alpha value is -1.20. The summed E-state index contributed by atoms with van der Waals surface area (Å²) >= 11 is 6.22. The van der Waals surface area contributed by atoms with Crippen LogP contribution in [-0.4, -0.2) is 35.6 Å². The first-order valence-electron chi connectivity index (χ1n) is 6.51. The monoisotopic (exact) mass is 303 g/mol. The van der Waals surface area contributed by atoms with Gasteiger partial charge in [-0.3, -0.25) is 4.79 Å². The van der Waals surface area contributed by atoms with E-state index in [0.29, 0.717) is 38.0 Å². The summed E-state index contributed by atoms with van der Waals surface area (Å²) < 4.78 is 26.0. The molecule has 2 rings (SSSR count). The van der Waals surface area contributed by atoms with Crippen LogP contribution in [-0.2, 0) is 4.79 Å². The number of likely N-dealkylation sites (tertiary alicyclic amines) is 1. The predicted molar refractivity (Wildman–Crippen MR) is 71.8 cm³/mol. The van der Waals surface area contributed by atoms with Crippen LogP contribution in [0.25, 0.3) is 0 Å². The molecule has 0 amide bonds. The van der Waals surface area contributed by atoms with Crippen molar-refractivity contribution in [3.05, 3.63) is 35.4 Å². The van der Waals surface area contributed by atoms with Crippen molar-refractivity contribution in [2.75, 3.05) is 19.6 Å². The molecule has 3 nitrogen and oxygen atoms in total. The fourth-order valence-corrected chi connectivity index (χ4v) is 2.73. The normalized spacial score (nSPS) is 18.9. The summed E-state index contributed by atoms with van der Waals surface area (Å²) in [5.41, 5.74) is 0.533. The first kappa shape index (κ1) is 15.2. The van der Waals surface area contributed by atoms with Crippen LogP contribution in [0.3, 0.4) is 0 Å². The number of nitrogens with zero attached hydrogens (tertiary/aromatic N) is 1. The van der Waals surface area contributed by atoms with Gasteiger partial charge in [0.25, 0.3) is 0 Å². The SMILES string of the molecule is O=C(O)C1CCN(CC(Cl)c2ccc(F)c(F)c2)CC1. The molecule has 0 aliphatic carbocycles. The van der Waals surface area contributed by atoms with E-state index in [9.17, 15) is 13.6 Å². The number of alkyl halides is 1. The lowest BCUT2D eigenvalue weighted by molar-refractivity contribution is -0.143. The van der Waals surface area contributed by atoms with Gasteiger partial charge in [-0.1, -0.05) is 6.07 Å². The molecule has 1 saturated heterocycles. The van der Waals surface area contributed by atoms with Crippen molar-refractivity contribution in [1.29, 1.82) is 0 Å². The van der Waals surface area contributed by atoms with Crippen LogP contribution in [0.5, 0.6) is 0 Å². The van der Waals surface area contributed by atoms with Gasteiger partial charge in [0.1, 0.15) is 0 Å². The number of benzene rings is 1. The smallest absolute Gasteiger partial charge is 0.306 e. The third kappa shape index (κ3) is 3.67. The van der Waals surface area contributed by atoms with Crippen molar-refractivity contribution in [1.82, 2.24) is 4.90 Å². The van der Waals surface area contributed by atoms with Gasteiger partial charge in [-0.05, 0) is 43.6 Å². The highest BCUT2D eigenvalue weighted by Gasteiger charge is 2.25. The first-order chi connectivity index (χ1) is 9.47. The maximum Gasteiger partial charge on any atom is 0.306 e. The van der Waals surface area contributed by atoms with Gasteiger partial charge in [-0.15, -0.1) is 11.6 Å². The minimum Gasteiger partial charge on any atom is -0.481 e. The molecule has 1 N–H and O–H groups in total. The molecule has 0 saturated carbocycles. The van der Waals surface area contributed by atoms with E-state index in [1.54, 1.807) is 0 Å². The highest BCUT2D eigenvalue weighted by atomic mass is 35.5. The van der Waals surface area contributed by atoms with Crippen LogP contribution in [0.15, 0.2) is 18.2 Å². The Labute approximate surface area is 121 Å². The second-order valence-corrected chi connectivity index (χ2v) is 5.58. The molecule has 110 valence electrons. The maximum atomic E-state index is 13.1. The van der Waals surface area contributed by atoms with Gasteiger partial charge >= 0.3 is 5.97 Å². The Morgan fingerprint density at radius 2 is 2.00 bits per heavy atom. The Bertz CT molecular complexity index is 490. The summed E-state index contributed by atoms with van der Waals surface area (Å²) in [6.45, 7) is 1.81. The average molecular weight is 304 g/mol. The summed E-state index contributed by atoms with van der Waals surface area (Å²) in [5.74, 6) is -2.84. The lowest BCUT2D eigenvalue weighted by atomic mass is 9.97. The Balaban J connectivity index is 1.90. The summed E-state index contributed by atoms with van der Waals surface area (Å²) in [6, 6.07) is 3.65. The van der Waals surface area contributed by atoms with Gasteiger partial charge in [0, 0.05) is 6.54 Å². The molecule has 1 aromatic rings. The topological polar surface area (TPSA) is 40.5 Å². The highest BCUT2D eigenvalue weighted by Crippen LogP contribution is 2.26. The minimum absolute atomic E-state index is 0.289. The number of carboxylic acid groups (broad SMARTS) is 1. The molecule has 1 atom stereocenters. The molecular weight excluding hydrogens is 288 g/mol. The number of piperidine rings is 1. The summed E-state index contributed by atoms with van der Waals surface area (Å²) in [4.78, 5) is 12.9. The largest absolute Gasteiger partial charge is 0.481 e. The Morgan fingerprint density at radius 1 is 1.35 bits per heavy atom. The van der Waals surface area contributed by atoms with E-state index < -0.39 is 23.0 Å². The number of rotatable bonds is 4. The standard InChI is InChI=1S/C14H16ClF2NO2/c15-11(10-1-2-12(16)13(17)7-10)8-18-5-3-9(4-6-18)14(19)20/h1-2,7,9,11H,3-6,8H2,(H,19,20). The summed E-state index contributed by atoms with van der Waals surface area (Å²) in [7, 11) is 0. The summed E-state index contributed by atoms with van der Waals surface area (Å²) in [5, 5.41) is 8.48. The predicted octanol–water partition coefficient (Wildman–Crippen LogP) is 3.04. The number of hydrogen-bond donors (Lipinski definition) is 1. The molecule has 1 aliphatic heterocycles. The molecule has 0 bridgehead atoms. The number of aliphatic carboxylic acids is 1. The van der Waals surface area contributed by atoms with E-state index in [2.05, 4.69) is 4.90 Å². The molecule has 0 spiro atoms. The Kier molecular flexibility index (Phi) is 4.94. The fraction of sp³-hybridized carbons (Fsp3) is 0.500.